The van der Waals surface area contributed by atoms with Gasteiger partial charge in [0, 0.05) is 17.1 Å². The van der Waals surface area contributed by atoms with Crippen molar-refractivity contribution >= 4 is 10.9 Å². The van der Waals surface area contributed by atoms with E-state index in [1.54, 1.807) is 0 Å². The molecule has 0 spiro atoms. The third kappa shape index (κ3) is 1.58. The maximum Gasteiger partial charge on any atom is 0.0552 e. The van der Waals surface area contributed by atoms with E-state index in [9.17, 15) is 5.11 Å². The smallest absolute Gasteiger partial charge is 0.0552 e. The highest BCUT2D eigenvalue weighted by atomic mass is 16.3. The van der Waals surface area contributed by atoms with E-state index in [2.05, 4.69) is 11.1 Å². The lowest BCUT2D eigenvalue weighted by Crippen LogP contribution is -2.04. The van der Waals surface area contributed by atoms with Gasteiger partial charge in [-0.15, -0.1) is 0 Å². The Labute approximate surface area is 77.2 Å². The Morgan fingerprint density at radius 3 is 3.00 bits per heavy atom. The second kappa shape index (κ2) is 3.23. The SMILES string of the molecule is C[C@H](O)Cc1cccc2[nH]ccc12. The van der Waals surface area contributed by atoms with E-state index in [0.717, 1.165) is 11.9 Å². The van der Waals surface area contributed by atoms with Gasteiger partial charge in [-0.1, -0.05) is 12.1 Å². The van der Waals surface area contributed by atoms with E-state index in [-0.39, 0.29) is 6.10 Å². The number of fused-ring (bicyclic) bond motifs is 1. The molecule has 0 radical (unpaired) electrons. The molecule has 0 saturated carbocycles. The number of hydrogen-bond donors (Lipinski definition) is 2. The molecule has 2 rings (SSSR count). The van der Waals surface area contributed by atoms with Crippen LogP contribution in [0.5, 0.6) is 0 Å². The van der Waals surface area contributed by atoms with Crippen LogP contribution in [0.4, 0.5) is 0 Å². The summed E-state index contributed by atoms with van der Waals surface area (Å²) in [6.45, 7) is 1.81. The quantitative estimate of drug-likeness (QED) is 0.720. The Bertz CT molecular complexity index is 403. The highest BCUT2D eigenvalue weighted by Crippen LogP contribution is 2.18. The van der Waals surface area contributed by atoms with Crippen LogP contribution < -0.4 is 0 Å². The fourth-order valence-corrected chi connectivity index (χ4v) is 1.65. The minimum absolute atomic E-state index is 0.277. The van der Waals surface area contributed by atoms with Crippen LogP contribution in [0, 0.1) is 0 Å². The Morgan fingerprint density at radius 1 is 1.38 bits per heavy atom. The number of aromatic nitrogens is 1. The Hall–Kier alpha value is -1.28. The van der Waals surface area contributed by atoms with Crippen LogP contribution in [0.25, 0.3) is 10.9 Å². The Kier molecular flexibility index (Phi) is 2.07. The molecule has 0 aliphatic carbocycles. The van der Waals surface area contributed by atoms with Crippen molar-refractivity contribution in [2.45, 2.75) is 19.4 Å². The van der Waals surface area contributed by atoms with Crippen molar-refractivity contribution in [1.29, 1.82) is 0 Å². The van der Waals surface area contributed by atoms with Crippen LogP contribution in [0.15, 0.2) is 30.5 Å². The average molecular weight is 175 g/mol. The molecular formula is C11H13NO. The topological polar surface area (TPSA) is 36.0 Å². The molecule has 0 saturated heterocycles. The molecule has 0 aliphatic rings. The molecule has 2 nitrogen and oxygen atoms in total. The molecule has 1 aromatic heterocycles. The van der Waals surface area contributed by atoms with Crippen LogP contribution in [0.3, 0.4) is 0 Å². The van der Waals surface area contributed by atoms with Crippen LogP contribution in [-0.4, -0.2) is 16.2 Å². The molecule has 13 heavy (non-hydrogen) atoms. The van der Waals surface area contributed by atoms with E-state index in [4.69, 9.17) is 0 Å². The number of aliphatic hydroxyl groups excluding tert-OH is 1. The first kappa shape index (κ1) is 8.32. The summed E-state index contributed by atoms with van der Waals surface area (Å²) in [5.74, 6) is 0. The molecular weight excluding hydrogens is 162 g/mol. The predicted octanol–water partition coefficient (Wildman–Crippen LogP) is 2.09. The minimum Gasteiger partial charge on any atom is -0.393 e. The summed E-state index contributed by atoms with van der Waals surface area (Å²) in [4.78, 5) is 3.15. The lowest BCUT2D eigenvalue weighted by Gasteiger charge is -2.05. The second-order valence-electron chi connectivity index (χ2n) is 3.41. The summed E-state index contributed by atoms with van der Waals surface area (Å²) < 4.78 is 0. The van der Waals surface area contributed by atoms with Gasteiger partial charge >= 0.3 is 0 Å². The van der Waals surface area contributed by atoms with E-state index >= 15 is 0 Å². The third-order valence-electron chi connectivity index (χ3n) is 2.20. The third-order valence-corrected chi connectivity index (χ3v) is 2.20. The number of aliphatic hydroxyl groups is 1. The standard InChI is InChI=1S/C11H13NO/c1-8(13)7-9-3-2-4-11-10(9)5-6-12-11/h2-6,8,12-13H,7H2,1H3/t8-/m0/s1. The van der Waals surface area contributed by atoms with Gasteiger partial charge in [0.05, 0.1) is 6.10 Å². The molecule has 68 valence electrons. The van der Waals surface area contributed by atoms with Crippen molar-refractivity contribution in [3.63, 3.8) is 0 Å². The molecule has 1 aromatic carbocycles. The molecule has 0 aliphatic heterocycles. The zero-order valence-electron chi connectivity index (χ0n) is 7.62. The number of H-pyrrole nitrogens is 1. The fourth-order valence-electron chi connectivity index (χ4n) is 1.65. The Morgan fingerprint density at radius 2 is 2.23 bits per heavy atom. The number of aromatic amines is 1. The predicted molar refractivity (Wildman–Crippen MR) is 53.7 cm³/mol. The first-order chi connectivity index (χ1) is 6.27. The molecule has 1 heterocycles. The van der Waals surface area contributed by atoms with Gasteiger partial charge in [-0.3, -0.25) is 0 Å². The number of benzene rings is 1. The number of rotatable bonds is 2. The fraction of sp³-hybridized carbons (Fsp3) is 0.273. The maximum absolute atomic E-state index is 9.29. The van der Waals surface area contributed by atoms with Crippen molar-refractivity contribution in [3.8, 4) is 0 Å². The van der Waals surface area contributed by atoms with Gasteiger partial charge < -0.3 is 10.1 Å². The summed E-state index contributed by atoms with van der Waals surface area (Å²) in [7, 11) is 0. The summed E-state index contributed by atoms with van der Waals surface area (Å²) in [6, 6.07) is 8.16. The second-order valence-corrected chi connectivity index (χ2v) is 3.41. The van der Waals surface area contributed by atoms with Gasteiger partial charge in [-0.2, -0.15) is 0 Å². The summed E-state index contributed by atoms with van der Waals surface area (Å²) >= 11 is 0. The van der Waals surface area contributed by atoms with Crippen LogP contribution in [-0.2, 0) is 6.42 Å². The Balaban J connectivity index is 2.48. The van der Waals surface area contributed by atoms with Crippen molar-refractivity contribution in [1.82, 2.24) is 4.98 Å². The molecule has 0 unspecified atom stereocenters. The summed E-state index contributed by atoms with van der Waals surface area (Å²) in [5.41, 5.74) is 2.34. The van der Waals surface area contributed by atoms with Crippen molar-refractivity contribution in [2.24, 2.45) is 0 Å². The van der Waals surface area contributed by atoms with Crippen molar-refractivity contribution in [3.05, 3.63) is 36.0 Å². The first-order valence-corrected chi connectivity index (χ1v) is 4.50. The van der Waals surface area contributed by atoms with E-state index in [1.807, 2.05) is 31.3 Å². The average Bonchev–Trinajstić information content (AvgIpc) is 2.51. The molecule has 2 heteroatoms. The molecule has 0 fully saturated rings. The summed E-state index contributed by atoms with van der Waals surface area (Å²) in [6.07, 6.45) is 2.37. The van der Waals surface area contributed by atoms with Gasteiger partial charge in [-0.05, 0) is 31.0 Å². The first-order valence-electron chi connectivity index (χ1n) is 4.50. The molecule has 0 amide bonds. The number of hydrogen-bond acceptors (Lipinski definition) is 1. The van der Waals surface area contributed by atoms with Gasteiger partial charge in [0.2, 0.25) is 0 Å². The van der Waals surface area contributed by atoms with Gasteiger partial charge in [0.25, 0.3) is 0 Å². The van der Waals surface area contributed by atoms with E-state index in [1.165, 1.54) is 10.9 Å². The maximum atomic E-state index is 9.29. The van der Waals surface area contributed by atoms with Crippen LogP contribution >= 0.6 is 0 Å². The summed E-state index contributed by atoms with van der Waals surface area (Å²) in [5, 5.41) is 10.5. The number of nitrogens with one attached hydrogen (secondary N) is 1. The van der Waals surface area contributed by atoms with Crippen molar-refractivity contribution < 1.29 is 5.11 Å². The lowest BCUT2D eigenvalue weighted by molar-refractivity contribution is 0.196. The lowest BCUT2D eigenvalue weighted by atomic mass is 10.0. The normalized spacial score (nSPS) is 13.4. The largest absolute Gasteiger partial charge is 0.393 e. The van der Waals surface area contributed by atoms with Gasteiger partial charge in [0.1, 0.15) is 0 Å². The molecule has 2 aromatic rings. The monoisotopic (exact) mass is 175 g/mol. The molecule has 1 atom stereocenters. The van der Waals surface area contributed by atoms with Crippen LogP contribution in [0.1, 0.15) is 12.5 Å². The highest BCUT2D eigenvalue weighted by Gasteiger charge is 2.03. The van der Waals surface area contributed by atoms with Gasteiger partial charge in [0.15, 0.2) is 0 Å². The van der Waals surface area contributed by atoms with Crippen molar-refractivity contribution in [2.75, 3.05) is 0 Å². The van der Waals surface area contributed by atoms with E-state index < -0.39 is 0 Å². The zero-order valence-corrected chi connectivity index (χ0v) is 7.62. The molecule has 0 bridgehead atoms. The van der Waals surface area contributed by atoms with Crippen LogP contribution in [0.2, 0.25) is 0 Å². The minimum atomic E-state index is -0.277. The zero-order chi connectivity index (χ0) is 9.26. The van der Waals surface area contributed by atoms with E-state index in [0.29, 0.717) is 0 Å². The molecule has 2 N–H and O–H groups in total. The highest BCUT2D eigenvalue weighted by molar-refractivity contribution is 5.82. The van der Waals surface area contributed by atoms with Gasteiger partial charge in [-0.25, -0.2) is 0 Å².